The summed E-state index contributed by atoms with van der Waals surface area (Å²) in [7, 11) is 0. The SMILES string of the molecule is CC(C)C(=O)Nc1cccc(-c2ccc3scnc3c2)n1. The Labute approximate surface area is 126 Å². The number of aromatic nitrogens is 2. The van der Waals surface area contributed by atoms with Gasteiger partial charge in [0.05, 0.1) is 21.4 Å². The van der Waals surface area contributed by atoms with E-state index in [1.807, 2.05) is 49.7 Å². The average molecular weight is 297 g/mol. The largest absolute Gasteiger partial charge is 0.310 e. The van der Waals surface area contributed by atoms with Gasteiger partial charge in [0.2, 0.25) is 5.91 Å². The molecule has 21 heavy (non-hydrogen) atoms. The first-order chi connectivity index (χ1) is 10.1. The fourth-order valence-electron chi connectivity index (χ4n) is 1.95. The highest BCUT2D eigenvalue weighted by Crippen LogP contribution is 2.25. The van der Waals surface area contributed by atoms with Crippen LogP contribution in [0.4, 0.5) is 5.82 Å². The summed E-state index contributed by atoms with van der Waals surface area (Å²) in [6.07, 6.45) is 0. The van der Waals surface area contributed by atoms with E-state index in [2.05, 4.69) is 15.3 Å². The standard InChI is InChI=1S/C16H15N3OS/c1-10(2)16(20)19-15-5-3-4-12(18-15)11-6-7-14-13(8-11)17-9-21-14/h3-10H,1-2H3,(H,18,19,20). The highest BCUT2D eigenvalue weighted by molar-refractivity contribution is 7.16. The van der Waals surface area contributed by atoms with E-state index in [1.54, 1.807) is 17.4 Å². The van der Waals surface area contributed by atoms with Gasteiger partial charge in [-0.2, -0.15) is 0 Å². The van der Waals surface area contributed by atoms with E-state index in [-0.39, 0.29) is 11.8 Å². The van der Waals surface area contributed by atoms with Crippen LogP contribution in [0, 0.1) is 5.92 Å². The number of carbonyl (C=O) groups is 1. The molecule has 1 N–H and O–H groups in total. The molecule has 3 aromatic rings. The molecule has 0 aliphatic heterocycles. The molecule has 2 aromatic heterocycles. The third-order valence-electron chi connectivity index (χ3n) is 3.15. The summed E-state index contributed by atoms with van der Waals surface area (Å²) < 4.78 is 1.16. The van der Waals surface area contributed by atoms with Crippen LogP contribution in [0.3, 0.4) is 0 Å². The zero-order valence-electron chi connectivity index (χ0n) is 11.8. The second-order valence-electron chi connectivity index (χ2n) is 5.09. The first-order valence-corrected chi connectivity index (χ1v) is 7.63. The Kier molecular flexibility index (Phi) is 3.66. The quantitative estimate of drug-likeness (QED) is 0.796. The van der Waals surface area contributed by atoms with Crippen molar-refractivity contribution in [1.82, 2.24) is 9.97 Å². The van der Waals surface area contributed by atoms with E-state index in [0.29, 0.717) is 5.82 Å². The molecule has 4 nitrogen and oxygen atoms in total. The summed E-state index contributed by atoms with van der Waals surface area (Å²) in [5, 5.41) is 2.82. The number of pyridine rings is 1. The van der Waals surface area contributed by atoms with E-state index >= 15 is 0 Å². The molecular formula is C16H15N3OS. The van der Waals surface area contributed by atoms with Crippen LogP contribution in [0.2, 0.25) is 0 Å². The Morgan fingerprint density at radius 1 is 1.24 bits per heavy atom. The highest BCUT2D eigenvalue weighted by atomic mass is 32.1. The van der Waals surface area contributed by atoms with Crippen molar-refractivity contribution in [3.63, 3.8) is 0 Å². The first kappa shape index (κ1) is 13.7. The smallest absolute Gasteiger partial charge is 0.228 e. The maximum Gasteiger partial charge on any atom is 0.228 e. The van der Waals surface area contributed by atoms with Gasteiger partial charge in [0.25, 0.3) is 0 Å². The number of rotatable bonds is 3. The number of amides is 1. The second kappa shape index (κ2) is 5.61. The molecule has 0 bridgehead atoms. The van der Waals surface area contributed by atoms with Gasteiger partial charge in [-0.25, -0.2) is 9.97 Å². The number of hydrogen-bond acceptors (Lipinski definition) is 4. The third kappa shape index (κ3) is 2.92. The topological polar surface area (TPSA) is 54.9 Å². The van der Waals surface area contributed by atoms with Crippen molar-refractivity contribution in [1.29, 1.82) is 0 Å². The lowest BCUT2D eigenvalue weighted by atomic mass is 10.1. The first-order valence-electron chi connectivity index (χ1n) is 6.75. The van der Waals surface area contributed by atoms with Gasteiger partial charge in [-0.3, -0.25) is 4.79 Å². The summed E-state index contributed by atoms with van der Waals surface area (Å²) >= 11 is 1.62. The van der Waals surface area contributed by atoms with Crippen molar-refractivity contribution >= 4 is 33.3 Å². The minimum absolute atomic E-state index is 0.0328. The van der Waals surface area contributed by atoms with Crippen LogP contribution in [-0.4, -0.2) is 15.9 Å². The van der Waals surface area contributed by atoms with Crippen molar-refractivity contribution in [2.24, 2.45) is 5.92 Å². The lowest BCUT2D eigenvalue weighted by Gasteiger charge is -2.08. The Hall–Kier alpha value is -2.27. The fourth-order valence-corrected chi connectivity index (χ4v) is 2.61. The number of nitrogens with zero attached hydrogens (tertiary/aromatic N) is 2. The maximum atomic E-state index is 11.7. The molecule has 5 heteroatoms. The van der Waals surface area contributed by atoms with Crippen LogP contribution < -0.4 is 5.32 Å². The molecule has 1 amide bonds. The van der Waals surface area contributed by atoms with Crippen molar-refractivity contribution in [2.75, 3.05) is 5.32 Å². The second-order valence-corrected chi connectivity index (χ2v) is 5.97. The number of hydrogen-bond donors (Lipinski definition) is 1. The molecule has 0 aliphatic carbocycles. The fraction of sp³-hybridized carbons (Fsp3) is 0.188. The Morgan fingerprint density at radius 3 is 2.90 bits per heavy atom. The molecule has 2 heterocycles. The molecular weight excluding hydrogens is 282 g/mol. The third-order valence-corrected chi connectivity index (χ3v) is 3.96. The molecule has 0 spiro atoms. The Morgan fingerprint density at radius 2 is 2.10 bits per heavy atom. The van der Waals surface area contributed by atoms with E-state index < -0.39 is 0 Å². The molecule has 0 saturated carbocycles. The van der Waals surface area contributed by atoms with E-state index in [4.69, 9.17) is 0 Å². The summed E-state index contributed by atoms with van der Waals surface area (Å²) in [6, 6.07) is 11.7. The molecule has 0 unspecified atom stereocenters. The van der Waals surface area contributed by atoms with Crippen LogP contribution in [0.25, 0.3) is 21.5 Å². The Bertz CT molecular complexity index is 795. The van der Waals surface area contributed by atoms with Crippen LogP contribution in [-0.2, 0) is 4.79 Å². The monoisotopic (exact) mass is 297 g/mol. The van der Waals surface area contributed by atoms with Gasteiger partial charge in [-0.05, 0) is 24.3 Å². The minimum atomic E-state index is -0.0678. The molecule has 1 aromatic carbocycles. The van der Waals surface area contributed by atoms with Crippen LogP contribution in [0.1, 0.15) is 13.8 Å². The van der Waals surface area contributed by atoms with Gasteiger partial charge in [0.1, 0.15) is 5.82 Å². The van der Waals surface area contributed by atoms with Gasteiger partial charge >= 0.3 is 0 Å². The predicted octanol–water partition coefficient (Wildman–Crippen LogP) is 3.95. The van der Waals surface area contributed by atoms with Crippen molar-refractivity contribution in [3.8, 4) is 11.3 Å². The number of anilines is 1. The maximum absolute atomic E-state index is 11.7. The summed E-state index contributed by atoms with van der Waals surface area (Å²) in [6.45, 7) is 3.71. The van der Waals surface area contributed by atoms with Crippen LogP contribution >= 0.6 is 11.3 Å². The minimum Gasteiger partial charge on any atom is -0.310 e. The van der Waals surface area contributed by atoms with E-state index in [0.717, 1.165) is 21.5 Å². The van der Waals surface area contributed by atoms with E-state index in [9.17, 15) is 4.79 Å². The number of nitrogens with one attached hydrogen (secondary N) is 1. The number of thiazole rings is 1. The molecule has 3 rings (SSSR count). The van der Waals surface area contributed by atoms with Crippen molar-refractivity contribution in [2.45, 2.75) is 13.8 Å². The summed E-state index contributed by atoms with van der Waals surface area (Å²) in [5.41, 5.74) is 4.62. The van der Waals surface area contributed by atoms with Gasteiger partial charge in [0, 0.05) is 11.5 Å². The summed E-state index contributed by atoms with van der Waals surface area (Å²) in [5.74, 6) is 0.473. The van der Waals surface area contributed by atoms with Gasteiger partial charge in [-0.15, -0.1) is 11.3 Å². The van der Waals surface area contributed by atoms with E-state index in [1.165, 1.54) is 0 Å². The number of fused-ring (bicyclic) bond motifs is 1. The number of carbonyl (C=O) groups excluding carboxylic acids is 1. The molecule has 106 valence electrons. The lowest BCUT2D eigenvalue weighted by Crippen LogP contribution is -2.18. The average Bonchev–Trinajstić information content (AvgIpc) is 2.94. The zero-order chi connectivity index (χ0) is 14.8. The van der Waals surface area contributed by atoms with Crippen LogP contribution in [0.15, 0.2) is 41.9 Å². The number of benzene rings is 1. The molecule has 0 fully saturated rings. The zero-order valence-corrected chi connectivity index (χ0v) is 12.6. The van der Waals surface area contributed by atoms with Gasteiger partial charge in [-0.1, -0.05) is 26.0 Å². The molecule has 0 saturated heterocycles. The molecule has 0 aliphatic rings. The van der Waals surface area contributed by atoms with Crippen LogP contribution in [0.5, 0.6) is 0 Å². The molecule has 0 atom stereocenters. The lowest BCUT2D eigenvalue weighted by molar-refractivity contribution is -0.118. The molecule has 0 radical (unpaired) electrons. The van der Waals surface area contributed by atoms with Gasteiger partial charge in [0.15, 0.2) is 0 Å². The van der Waals surface area contributed by atoms with Crippen molar-refractivity contribution in [3.05, 3.63) is 41.9 Å². The van der Waals surface area contributed by atoms with Gasteiger partial charge < -0.3 is 5.32 Å². The van der Waals surface area contributed by atoms with Crippen molar-refractivity contribution < 1.29 is 4.79 Å². The predicted molar refractivity (Wildman–Crippen MR) is 86.3 cm³/mol. The Balaban J connectivity index is 1.93. The highest BCUT2D eigenvalue weighted by Gasteiger charge is 2.09. The summed E-state index contributed by atoms with van der Waals surface area (Å²) in [4.78, 5) is 20.6. The normalized spacial score (nSPS) is 11.0.